The lowest BCUT2D eigenvalue weighted by Gasteiger charge is -2.17. The summed E-state index contributed by atoms with van der Waals surface area (Å²) in [6.45, 7) is -1.05. The van der Waals surface area contributed by atoms with Crippen LogP contribution >= 0.6 is 0 Å². The second kappa shape index (κ2) is 9.13. The number of rotatable bonds is 8. The van der Waals surface area contributed by atoms with Crippen molar-refractivity contribution < 1.29 is 19.7 Å². The number of ether oxygens (including phenoxy) is 1. The Hall–Kier alpha value is -3.82. The Labute approximate surface area is 184 Å². The number of benzene rings is 2. The van der Waals surface area contributed by atoms with E-state index < -0.39 is 12.7 Å². The number of hydrogen-bond acceptors (Lipinski definition) is 6. The van der Waals surface area contributed by atoms with Crippen LogP contribution in [0.15, 0.2) is 48.5 Å². The molecule has 0 bridgehead atoms. The lowest BCUT2D eigenvalue weighted by atomic mass is 10.1. The van der Waals surface area contributed by atoms with Crippen LogP contribution in [-0.2, 0) is 4.79 Å². The molecule has 32 heavy (non-hydrogen) atoms. The van der Waals surface area contributed by atoms with Gasteiger partial charge in [-0.2, -0.15) is 13.3 Å². The molecular weight excluding hydrogens is 418 g/mol. The van der Waals surface area contributed by atoms with Crippen molar-refractivity contribution >= 4 is 28.4 Å². The number of fused-ring (bicyclic) bond motifs is 3. The molecule has 10 heteroatoms. The number of para-hydroxylation sites is 2. The minimum atomic E-state index is -2.99. The quantitative estimate of drug-likeness (QED) is 0.431. The Bertz CT molecular complexity index is 1280. The van der Waals surface area contributed by atoms with E-state index in [-0.39, 0.29) is 30.5 Å². The van der Waals surface area contributed by atoms with Crippen molar-refractivity contribution in [2.45, 2.75) is 32.4 Å². The maximum atomic E-state index is 12.9. The number of likely N-dealkylation sites (N-methyl/N-ethyl adjacent to an activating group) is 1. The number of halogens is 2. The highest BCUT2D eigenvalue weighted by atomic mass is 19.3. The van der Waals surface area contributed by atoms with E-state index >= 15 is 0 Å². The number of amides is 1. The van der Waals surface area contributed by atoms with Gasteiger partial charge in [-0.05, 0) is 30.7 Å². The highest BCUT2D eigenvalue weighted by Gasteiger charge is 2.22. The van der Waals surface area contributed by atoms with Gasteiger partial charge in [-0.25, -0.2) is 9.97 Å². The fraction of sp³-hybridized carbons (Fsp3) is 0.273. The zero-order valence-corrected chi connectivity index (χ0v) is 17.3. The van der Waals surface area contributed by atoms with Crippen LogP contribution in [0.1, 0.15) is 21.1 Å². The molecule has 0 saturated carbocycles. The highest BCUT2D eigenvalue weighted by Crippen LogP contribution is 2.31. The molecule has 8 nitrogen and oxygen atoms in total. The number of carbonyl (C=O) groups excluding carboxylic acids is 1. The van der Waals surface area contributed by atoms with Crippen molar-refractivity contribution in [2.75, 3.05) is 12.3 Å². The van der Waals surface area contributed by atoms with E-state index in [4.69, 9.17) is 1.37 Å². The number of anilines is 1. The lowest BCUT2D eigenvalue weighted by molar-refractivity contribution is -0.121. The monoisotopic (exact) mass is 441 g/mol. The zero-order chi connectivity index (χ0) is 23.4. The molecule has 4 rings (SSSR count). The van der Waals surface area contributed by atoms with E-state index in [0.717, 1.165) is 6.42 Å². The van der Waals surface area contributed by atoms with Crippen molar-refractivity contribution in [3.8, 4) is 17.1 Å². The predicted octanol–water partition coefficient (Wildman–Crippen LogP) is 3.87. The number of hydrogen-bond donors (Lipinski definition) is 2. The summed E-state index contributed by atoms with van der Waals surface area (Å²) in [5.74, 6) is 0.0724. The Morgan fingerprint density at radius 1 is 1.19 bits per heavy atom. The van der Waals surface area contributed by atoms with Crippen molar-refractivity contribution in [3.05, 3.63) is 48.5 Å². The summed E-state index contributed by atoms with van der Waals surface area (Å²) in [4.78, 5) is 21.7. The molecule has 0 aliphatic rings. The molecule has 2 N–H and O–H groups in total. The van der Waals surface area contributed by atoms with Gasteiger partial charge < -0.3 is 15.4 Å². The van der Waals surface area contributed by atoms with E-state index in [1.54, 1.807) is 24.3 Å². The first kappa shape index (κ1) is 20.1. The molecule has 1 atom stereocenters. The molecule has 2 heterocycles. The van der Waals surface area contributed by atoms with Gasteiger partial charge in [0, 0.05) is 13.8 Å². The van der Waals surface area contributed by atoms with Crippen LogP contribution in [0.3, 0.4) is 0 Å². The summed E-state index contributed by atoms with van der Waals surface area (Å²) in [7, 11) is -0.240. The maximum absolute atomic E-state index is 12.9. The van der Waals surface area contributed by atoms with Gasteiger partial charge in [0.1, 0.15) is 11.8 Å². The third kappa shape index (κ3) is 4.16. The van der Waals surface area contributed by atoms with Gasteiger partial charge in [0.05, 0.1) is 11.1 Å². The molecule has 0 saturated heterocycles. The lowest BCUT2D eigenvalue weighted by Crippen LogP contribution is -2.38. The van der Waals surface area contributed by atoms with Crippen LogP contribution in [0, 0.1) is 0 Å². The number of alkyl halides is 2. The van der Waals surface area contributed by atoms with E-state index in [1.807, 2.05) is 25.1 Å². The van der Waals surface area contributed by atoms with Gasteiger partial charge in [-0.1, -0.05) is 37.6 Å². The fourth-order valence-electron chi connectivity index (χ4n) is 3.45. The van der Waals surface area contributed by atoms with Crippen molar-refractivity contribution in [2.24, 2.45) is 0 Å². The molecule has 4 aromatic rings. The van der Waals surface area contributed by atoms with Crippen molar-refractivity contribution in [3.63, 3.8) is 0 Å². The summed E-state index contributed by atoms with van der Waals surface area (Å²) >= 11 is 0. The molecule has 2 aromatic heterocycles. The molecular formula is C22H22F2N6O2. The summed E-state index contributed by atoms with van der Waals surface area (Å²) in [6.07, 6.45) is 1.23. The van der Waals surface area contributed by atoms with Gasteiger partial charge in [-0.3, -0.25) is 4.79 Å². The Balaban J connectivity index is 1.86. The summed E-state index contributed by atoms with van der Waals surface area (Å²) in [5.41, 5.74) is 1.37. The minimum Gasteiger partial charge on any atom is -0.434 e. The molecule has 166 valence electrons. The minimum absolute atomic E-state index is 0.0473. The van der Waals surface area contributed by atoms with Crippen LogP contribution in [0.5, 0.6) is 5.75 Å². The number of nitrogens with one attached hydrogen (secondary N) is 2. The largest absolute Gasteiger partial charge is 0.434 e. The van der Waals surface area contributed by atoms with Gasteiger partial charge in [0.15, 0.2) is 11.5 Å². The van der Waals surface area contributed by atoms with Crippen molar-refractivity contribution in [1.29, 1.82) is 0 Å². The molecule has 2 aromatic carbocycles. The van der Waals surface area contributed by atoms with E-state index in [9.17, 15) is 13.6 Å². The van der Waals surface area contributed by atoms with Gasteiger partial charge in [0.2, 0.25) is 11.9 Å². The maximum Gasteiger partial charge on any atom is 0.387 e. The molecule has 1 amide bonds. The summed E-state index contributed by atoms with van der Waals surface area (Å²) in [5, 5.41) is 10.8. The average Bonchev–Trinajstić information content (AvgIpc) is 3.25. The van der Waals surface area contributed by atoms with Crippen LogP contribution in [0.25, 0.3) is 27.9 Å². The summed E-state index contributed by atoms with van der Waals surface area (Å²) in [6, 6.07) is 12.9. The SMILES string of the molecule is [2H]CNC(=O)[C@H](CCC)Nc1nc2ccccc2c2nc(-c3ccccc3OC(F)F)nn12. The van der Waals surface area contributed by atoms with E-state index in [1.165, 1.54) is 10.6 Å². The Morgan fingerprint density at radius 3 is 2.75 bits per heavy atom. The van der Waals surface area contributed by atoms with Crippen LogP contribution < -0.4 is 15.4 Å². The predicted molar refractivity (Wildman–Crippen MR) is 117 cm³/mol. The average molecular weight is 441 g/mol. The third-order valence-electron chi connectivity index (χ3n) is 4.89. The van der Waals surface area contributed by atoms with Gasteiger partial charge in [-0.15, -0.1) is 5.10 Å². The number of nitrogens with zero attached hydrogens (tertiary/aromatic N) is 4. The van der Waals surface area contributed by atoms with Gasteiger partial charge in [0.25, 0.3) is 0 Å². The van der Waals surface area contributed by atoms with Crippen molar-refractivity contribution in [1.82, 2.24) is 24.9 Å². The fourth-order valence-corrected chi connectivity index (χ4v) is 3.45. The van der Waals surface area contributed by atoms with E-state index in [2.05, 4.69) is 30.4 Å². The first-order chi connectivity index (χ1) is 16.0. The number of aromatic nitrogens is 4. The van der Waals surface area contributed by atoms with Crippen LogP contribution in [0.4, 0.5) is 14.7 Å². The molecule has 0 radical (unpaired) electrons. The Morgan fingerprint density at radius 2 is 1.97 bits per heavy atom. The van der Waals surface area contributed by atoms with E-state index in [0.29, 0.717) is 28.5 Å². The standard InChI is InChI=1S/C22H22F2N6O2/c1-3-8-16(20(31)25-2)27-22-26-15-11-6-4-9-13(15)19-28-18(29-30(19)22)14-10-5-7-12-17(14)32-21(23)24/h4-7,9-12,16,21H,3,8H2,1-2H3,(H,25,31)(H,26,27)/t16-/m0/s1/i2D. The molecule has 0 unspecified atom stereocenters. The first-order valence-electron chi connectivity index (χ1n) is 10.8. The first-order valence-corrected chi connectivity index (χ1v) is 10.0. The second-order valence-corrected chi connectivity index (χ2v) is 7.02. The second-order valence-electron chi connectivity index (χ2n) is 7.02. The number of carbonyl (C=O) groups is 1. The Kier molecular flexibility index (Phi) is 5.73. The normalized spacial score (nSPS) is 12.7. The summed E-state index contributed by atoms with van der Waals surface area (Å²) < 4.78 is 39.2. The zero-order valence-electron chi connectivity index (χ0n) is 18.3. The smallest absolute Gasteiger partial charge is 0.387 e. The molecule has 0 spiro atoms. The molecule has 0 aliphatic carbocycles. The molecule has 0 fully saturated rings. The topological polar surface area (TPSA) is 93.4 Å². The van der Waals surface area contributed by atoms with Crippen LogP contribution in [-0.4, -0.2) is 45.2 Å². The highest BCUT2D eigenvalue weighted by molar-refractivity contribution is 5.93. The molecule has 0 aliphatic heterocycles. The van der Waals surface area contributed by atoms with Crippen LogP contribution in [0.2, 0.25) is 0 Å². The van der Waals surface area contributed by atoms with Gasteiger partial charge >= 0.3 is 6.61 Å². The third-order valence-corrected chi connectivity index (χ3v) is 4.89.